The van der Waals surface area contributed by atoms with Gasteiger partial charge in [-0.1, -0.05) is 50.5 Å². The molecule has 1 heterocycles. The molecular weight excluding hydrogens is 481 g/mol. The topological polar surface area (TPSA) is 63.2 Å². The van der Waals surface area contributed by atoms with E-state index in [9.17, 15) is 4.79 Å². The maximum absolute atomic E-state index is 12.5. The summed E-state index contributed by atoms with van der Waals surface area (Å²) in [6.45, 7) is 0. The Hall–Kier alpha value is -1.45. The van der Waals surface area contributed by atoms with Crippen molar-refractivity contribution >= 4 is 89.1 Å². The van der Waals surface area contributed by atoms with E-state index in [1.54, 1.807) is 24.3 Å². The van der Waals surface area contributed by atoms with Crippen LogP contribution in [0.2, 0.25) is 10.0 Å². The van der Waals surface area contributed by atoms with Crippen molar-refractivity contribution in [2.75, 3.05) is 12.4 Å². The van der Waals surface area contributed by atoms with Gasteiger partial charge in [0.2, 0.25) is 0 Å². The number of amides is 1. The zero-order chi connectivity index (χ0) is 18.8. The molecule has 3 aromatic rings. The van der Waals surface area contributed by atoms with Crippen LogP contribution in [0.15, 0.2) is 34.8 Å². The minimum Gasteiger partial charge on any atom is -0.496 e. The van der Waals surface area contributed by atoms with Crippen molar-refractivity contribution in [3.05, 3.63) is 50.4 Å². The fourth-order valence-corrected chi connectivity index (χ4v) is 4.06. The summed E-state index contributed by atoms with van der Waals surface area (Å²) >= 11 is 22.0. The summed E-state index contributed by atoms with van der Waals surface area (Å²) in [7, 11) is 1.49. The number of anilines is 1. The molecule has 0 aliphatic rings. The van der Waals surface area contributed by atoms with Gasteiger partial charge in [-0.15, -0.1) is 0 Å². The molecule has 0 aliphatic carbocycles. The molecule has 0 aliphatic heterocycles. The third kappa shape index (κ3) is 4.10. The maximum atomic E-state index is 12.5. The molecule has 10 heteroatoms. The molecule has 0 saturated heterocycles. The van der Waals surface area contributed by atoms with E-state index in [1.807, 2.05) is 6.07 Å². The highest BCUT2D eigenvalue weighted by atomic mass is 79.9. The van der Waals surface area contributed by atoms with Gasteiger partial charge < -0.3 is 10.1 Å². The molecule has 0 atom stereocenters. The Labute approximate surface area is 176 Å². The Morgan fingerprint density at radius 3 is 2.81 bits per heavy atom. The normalized spacial score (nSPS) is 10.6. The highest BCUT2D eigenvalue weighted by Crippen LogP contribution is 2.35. The van der Waals surface area contributed by atoms with Crippen molar-refractivity contribution < 1.29 is 9.53 Å². The second-order valence-corrected chi connectivity index (χ2v) is 8.12. The summed E-state index contributed by atoms with van der Waals surface area (Å²) in [5, 5.41) is 6.90. The molecule has 26 heavy (non-hydrogen) atoms. The van der Waals surface area contributed by atoms with Crippen LogP contribution in [0.5, 0.6) is 5.75 Å². The lowest BCUT2D eigenvalue weighted by atomic mass is 10.2. The van der Waals surface area contributed by atoms with Crippen molar-refractivity contribution in [1.29, 1.82) is 0 Å². The quantitative estimate of drug-likeness (QED) is 0.474. The summed E-state index contributed by atoms with van der Waals surface area (Å²) in [5.74, 6) is 0.0396. The lowest BCUT2D eigenvalue weighted by Crippen LogP contribution is -2.34. The SMILES string of the molecule is COc1ccc(Br)cc1C(=O)NC(=S)Nc1nc2c(Cl)c(Cl)ccc2s1. The number of hydrogen-bond acceptors (Lipinski definition) is 5. The Morgan fingerprint density at radius 1 is 1.31 bits per heavy atom. The first kappa shape index (κ1) is 19.3. The highest BCUT2D eigenvalue weighted by Gasteiger charge is 2.16. The molecule has 0 saturated carbocycles. The fourth-order valence-electron chi connectivity index (χ4n) is 2.15. The standard InChI is InChI=1S/C16H10BrCl2N3O2S2/c1-24-10-4-2-7(17)6-8(10)14(23)21-15(25)22-16-20-13-11(26-16)5-3-9(18)12(13)19/h2-6H,1H3,(H2,20,21,22,23,25). The van der Waals surface area contributed by atoms with Crippen LogP contribution >= 0.6 is 62.7 Å². The first-order valence-electron chi connectivity index (χ1n) is 7.09. The number of halogens is 3. The lowest BCUT2D eigenvalue weighted by molar-refractivity contribution is 0.0974. The zero-order valence-corrected chi connectivity index (χ0v) is 17.8. The van der Waals surface area contributed by atoms with Crippen LogP contribution in [-0.4, -0.2) is 23.1 Å². The van der Waals surface area contributed by atoms with E-state index in [2.05, 4.69) is 31.5 Å². The molecule has 0 radical (unpaired) electrons. The second kappa shape index (κ2) is 8.06. The lowest BCUT2D eigenvalue weighted by Gasteiger charge is -2.10. The van der Waals surface area contributed by atoms with Crippen LogP contribution in [0.3, 0.4) is 0 Å². The molecule has 2 N–H and O–H groups in total. The van der Waals surface area contributed by atoms with Crippen molar-refractivity contribution in [2.24, 2.45) is 0 Å². The number of nitrogens with zero attached hydrogens (tertiary/aromatic N) is 1. The second-order valence-electron chi connectivity index (χ2n) is 4.98. The first-order valence-corrected chi connectivity index (χ1v) is 9.87. The molecule has 0 bridgehead atoms. The summed E-state index contributed by atoms with van der Waals surface area (Å²) < 4.78 is 6.80. The summed E-state index contributed by atoms with van der Waals surface area (Å²) in [6, 6.07) is 8.64. The Bertz CT molecular complexity index is 1030. The third-order valence-electron chi connectivity index (χ3n) is 3.31. The average Bonchev–Trinajstić information content (AvgIpc) is 3.01. The molecule has 1 amide bonds. The molecule has 3 rings (SSSR count). The van der Waals surface area contributed by atoms with Crippen molar-refractivity contribution in [1.82, 2.24) is 10.3 Å². The van der Waals surface area contributed by atoms with Crippen LogP contribution < -0.4 is 15.4 Å². The number of hydrogen-bond donors (Lipinski definition) is 2. The zero-order valence-electron chi connectivity index (χ0n) is 13.1. The molecule has 2 aromatic carbocycles. The first-order chi connectivity index (χ1) is 12.4. The number of benzene rings is 2. The number of thiocarbonyl (C=S) groups is 1. The van der Waals surface area contributed by atoms with Gasteiger partial charge in [0, 0.05) is 4.47 Å². The van der Waals surface area contributed by atoms with Gasteiger partial charge in [-0.25, -0.2) is 4.98 Å². The van der Waals surface area contributed by atoms with E-state index >= 15 is 0 Å². The van der Waals surface area contributed by atoms with Gasteiger partial charge in [-0.05, 0) is 42.5 Å². The number of ether oxygens (including phenoxy) is 1. The van der Waals surface area contributed by atoms with Crippen LogP contribution in [-0.2, 0) is 0 Å². The number of carbonyl (C=O) groups is 1. The minimum absolute atomic E-state index is 0.110. The largest absolute Gasteiger partial charge is 0.496 e. The number of methoxy groups -OCH3 is 1. The fraction of sp³-hybridized carbons (Fsp3) is 0.0625. The van der Waals surface area contributed by atoms with E-state index in [4.69, 9.17) is 40.2 Å². The van der Waals surface area contributed by atoms with E-state index < -0.39 is 5.91 Å². The van der Waals surface area contributed by atoms with Crippen LogP contribution in [0.4, 0.5) is 5.13 Å². The van der Waals surface area contributed by atoms with Crippen LogP contribution in [0, 0.1) is 0 Å². The average molecular weight is 491 g/mol. The molecule has 0 unspecified atom stereocenters. The van der Waals surface area contributed by atoms with Gasteiger partial charge in [0.1, 0.15) is 11.3 Å². The van der Waals surface area contributed by atoms with Gasteiger partial charge in [0.05, 0.1) is 27.4 Å². The van der Waals surface area contributed by atoms with Gasteiger partial charge in [-0.3, -0.25) is 10.1 Å². The van der Waals surface area contributed by atoms with Gasteiger partial charge in [0.25, 0.3) is 5.91 Å². The van der Waals surface area contributed by atoms with E-state index in [-0.39, 0.29) is 5.11 Å². The van der Waals surface area contributed by atoms with Gasteiger partial charge >= 0.3 is 0 Å². The predicted molar refractivity (Wildman–Crippen MR) is 114 cm³/mol. The third-order valence-corrected chi connectivity index (χ3v) is 5.73. The van der Waals surface area contributed by atoms with Crippen LogP contribution in [0.1, 0.15) is 10.4 Å². The molecule has 134 valence electrons. The molecule has 1 aromatic heterocycles. The number of thiazole rings is 1. The minimum atomic E-state index is -0.400. The van der Waals surface area contributed by atoms with E-state index in [0.717, 1.165) is 9.17 Å². The Balaban J connectivity index is 1.76. The Morgan fingerprint density at radius 2 is 2.08 bits per heavy atom. The summed E-state index contributed by atoms with van der Waals surface area (Å²) in [6.07, 6.45) is 0. The summed E-state index contributed by atoms with van der Waals surface area (Å²) in [5.41, 5.74) is 0.930. The van der Waals surface area contributed by atoms with Crippen molar-refractivity contribution in [2.45, 2.75) is 0 Å². The molecule has 0 spiro atoms. The van der Waals surface area contributed by atoms with Crippen molar-refractivity contribution in [3.63, 3.8) is 0 Å². The highest BCUT2D eigenvalue weighted by molar-refractivity contribution is 9.10. The number of fused-ring (bicyclic) bond motifs is 1. The smallest absolute Gasteiger partial charge is 0.261 e. The Kier molecular flexibility index (Phi) is 5.99. The van der Waals surface area contributed by atoms with Crippen LogP contribution in [0.25, 0.3) is 10.2 Å². The number of aromatic nitrogens is 1. The predicted octanol–water partition coefficient (Wildman–Crippen LogP) is 5.50. The molecule has 5 nitrogen and oxygen atoms in total. The van der Waals surface area contributed by atoms with Gasteiger partial charge in [0.15, 0.2) is 10.2 Å². The monoisotopic (exact) mass is 489 g/mol. The maximum Gasteiger partial charge on any atom is 0.261 e. The number of nitrogens with one attached hydrogen (secondary N) is 2. The van der Waals surface area contributed by atoms with Gasteiger partial charge in [-0.2, -0.15) is 0 Å². The van der Waals surface area contributed by atoms with Crippen molar-refractivity contribution in [3.8, 4) is 5.75 Å². The molecular formula is C16H10BrCl2N3O2S2. The number of rotatable bonds is 3. The van der Waals surface area contributed by atoms with E-state index in [1.165, 1.54) is 18.4 Å². The number of carbonyl (C=O) groups excluding carboxylic acids is 1. The summed E-state index contributed by atoms with van der Waals surface area (Å²) in [4.78, 5) is 16.8. The molecule has 0 fully saturated rings. The van der Waals surface area contributed by atoms with E-state index in [0.29, 0.717) is 32.0 Å².